The van der Waals surface area contributed by atoms with Crippen molar-refractivity contribution in [1.29, 1.82) is 0 Å². The van der Waals surface area contributed by atoms with Crippen LogP contribution in [-0.2, 0) is 0 Å². The summed E-state index contributed by atoms with van der Waals surface area (Å²) >= 11 is 5.94. The molecule has 0 saturated carbocycles. The molecule has 4 rings (SSSR count). The van der Waals surface area contributed by atoms with Crippen LogP contribution in [0.15, 0.2) is 35.0 Å². The molecule has 0 atom stereocenters. The van der Waals surface area contributed by atoms with Gasteiger partial charge in [0.05, 0.1) is 12.5 Å². The molecule has 3 heterocycles. The summed E-state index contributed by atoms with van der Waals surface area (Å²) in [5.74, 6) is 2.28. The van der Waals surface area contributed by atoms with Crippen LogP contribution in [-0.4, -0.2) is 48.4 Å². The summed E-state index contributed by atoms with van der Waals surface area (Å²) in [5.41, 5.74) is 0.727. The third kappa shape index (κ3) is 2.71. The lowest BCUT2D eigenvalue weighted by Gasteiger charge is -2.34. The maximum absolute atomic E-state index is 5.94. The zero-order chi connectivity index (χ0) is 16.5. The molecule has 0 amide bonds. The summed E-state index contributed by atoms with van der Waals surface area (Å²) in [7, 11) is 1.63. The van der Waals surface area contributed by atoms with Crippen LogP contribution in [0, 0.1) is 0 Å². The highest BCUT2D eigenvalue weighted by Crippen LogP contribution is 2.30. The van der Waals surface area contributed by atoms with Gasteiger partial charge in [0.1, 0.15) is 10.9 Å². The fourth-order valence-electron chi connectivity index (χ4n) is 2.86. The van der Waals surface area contributed by atoms with Crippen molar-refractivity contribution < 1.29 is 9.26 Å². The van der Waals surface area contributed by atoms with Gasteiger partial charge >= 0.3 is 0 Å². The highest BCUT2D eigenvalue weighted by molar-refractivity contribution is 6.29. The Hall–Kier alpha value is -2.54. The summed E-state index contributed by atoms with van der Waals surface area (Å²) in [5, 5.41) is 5.68. The van der Waals surface area contributed by atoms with E-state index in [-0.39, 0.29) is 0 Å². The Kier molecular flexibility index (Phi) is 3.86. The first-order valence-corrected chi connectivity index (χ1v) is 8.04. The van der Waals surface area contributed by atoms with Crippen molar-refractivity contribution in [1.82, 2.24) is 15.1 Å². The summed E-state index contributed by atoms with van der Waals surface area (Å²) < 4.78 is 10.7. The fraction of sp³-hybridized carbons (Fsp3) is 0.312. The molecule has 0 bridgehead atoms. The number of hydrogen-bond donors (Lipinski definition) is 0. The standard InChI is InChI=1S/C16H16ClN5O2/c1-23-11-2-3-12-13(10-11)24-20-15(12)21-6-8-22(9-7-21)16-18-5-4-14(17)19-16/h2-5,10H,6-9H2,1H3. The number of halogens is 1. The monoisotopic (exact) mass is 345 g/mol. The first kappa shape index (κ1) is 15.0. The van der Waals surface area contributed by atoms with Crippen molar-refractivity contribution in [2.24, 2.45) is 0 Å². The molecule has 0 unspecified atom stereocenters. The van der Waals surface area contributed by atoms with Gasteiger partial charge in [0.25, 0.3) is 0 Å². The summed E-state index contributed by atoms with van der Waals surface area (Å²) in [6, 6.07) is 7.42. The average molecular weight is 346 g/mol. The van der Waals surface area contributed by atoms with Crippen molar-refractivity contribution >= 4 is 34.3 Å². The number of anilines is 2. The lowest BCUT2D eigenvalue weighted by atomic mass is 10.2. The van der Waals surface area contributed by atoms with Crippen molar-refractivity contribution in [3.05, 3.63) is 35.6 Å². The van der Waals surface area contributed by atoms with E-state index >= 15 is 0 Å². The number of nitrogens with zero attached hydrogens (tertiary/aromatic N) is 5. The van der Waals surface area contributed by atoms with E-state index in [9.17, 15) is 0 Å². The molecular weight excluding hydrogens is 330 g/mol. The van der Waals surface area contributed by atoms with Gasteiger partial charge in [-0.2, -0.15) is 0 Å². The molecule has 0 aliphatic carbocycles. The molecule has 0 N–H and O–H groups in total. The van der Waals surface area contributed by atoms with Crippen LogP contribution in [0.1, 0.15) is 0 Å². The van der Waals surface area contributed by atoms with Gasteiger partial charge in [-0.05, 0) is 18.2 Å². The Labute approximate surface area is 143 Å². The number of benzene rings is 1. The molecule has 0 radical (unpaired) electrons. The van der Waals surface area contributed by atoms with Gasteiger partial charge in [0.15, 0.2) is 11.4 Å². The highest BCUT2D eigenvalue weighted by Gasteiger charge is 2.23. The van der Waals surface area contributed by atoms with E-state index in [0.29, 0.717) is 11.1 Å². The van der Waals surface area contributed by atoms with Crippen molar-refractivity contribution in [2.75, 3.05) is 43.1 Å². The molecule has 24 heavy (non-hydrogen) atoms. The maximum Gasteiger partial charge on any atom is 0.226 e. The van der Waals surface area contributed by atoms with E-state index < -0.39 is 0 Å². The normalized spacial score (nSPS) is 15.1. The highest BCUT2D eigenvalue weighted by atomic mass is 35.5. The van der Waals surface area contributed by atoms with Crippen LogP contribution < -0.4 is 14.5 Å². The Morgan fingerprint density at radius 2 is 1.92 bits per heavy atom. The molecule has 1 aliphatic heterocycles. The Morgan fingerprint density at radius 3 is 2.67 bits per heavy atom. The first-order chi connectivity index (χ1) is 11.7. The Balaban J connectivity index is 1.52. The predicted octanol–water partition coefficient (Wildman–Crippen LogP) is 2.61. The van der Waals surface area contributed by atoms with E-state index in [4.69, 9.17) is 20.9 Å². The van der Waals surface area contributed by atoms with Gasteiger partial charge in [-0.3, -0.25) is 0 Å². The Bertz CT molecular complexity index is 861. The summed E-state index contributed by atoms with van der Waals surface area (Å²) in [4.78, 5) is 12.9. The number of fused-ring (bicyclic) bond motifs is 1. The molecule has 0 spiro atoms. The van der Waals surface area contributed by atoms with E-state index in [0.717, 1.165) is 48.7 Å². The molecule has 1 saturated heterocycles. The Morgan fingerprint density at radius 1 is 1.12 bits per heavy atom. The number of rotatable bonds is 3. The van der Waals surface area contributed by atoms with Crippen molar-refractivity contribution in [3.8, 4) is 5.75 Å². The van der Waals surface area contributed by atoms with Crippen LogP contribution in [0.3, 0.4) is 0 Å². The lowest BCUT2D eigenvalue weighted by Crippen LogP contribution is -2.47. The second kappa shape index (κ2) is 6.16. The van der Waals surface area contributed by atoms with Gasteiger partial charge < -0.3 is 19.1 Å². The molecule has 7 nitrogen and oxygen atoms in total. The smallest absolute Gasteiger partial charge is 0.226 e. The van der Waals surface area contributed by atoms with E-state index in [2.05, 4.69) is 24.9 Å². The van der Waals surface area contributed by atoms with Crippen LogP contribution in [0.4, 0.5) is 11.8 Å². The quantitative estimate of drug-likeness (QED) is 0.676. The number of ether oxygens (including phenoxy) is 1. The summed E-state index contributed by atoms with van der Waals surface area (Å²) in [6.07, 6.45) is 1.68. The van der Waals surface area contributed by atoms with Gasteiger partial charge in [0, 0.05) is 38.4 Å². The number of piperazine rings is 1. The lowest BCUT2D eigenvalue weighted by molar-refractivity contribution is 0.411. The molecule has 1 fully saturated rings. The number of hydrogen-bond acceptors (Lipinski definition) is 7. The SMILES string of the molecule is COc1ccc2c(N3CCN(c4nccc(Cl)n4)CC3)noc2c1. The third-order valence-electron chi connectivity index (χ3n) is 4.13. The van der Waals surface area contributed by atoms with E-state index in [1.54, 1.807) is 19.4 Å². The molecular formula is C16H16ClN5O2. The molecule has 1 aliphatic rings. The van der Waals surface area contributed by atoms with Crippen molar-refractivity contribution in [3.63, 3.8) is 0 Å². The van der Waals surface area contributed by atoms with Gasteiger partial charge in [-0.1, -0.05) is 16.8 Å². The van der Waals surface area contributed by atoms with E-state index in [1.807, 2.05) is 18.2 Å². The molecule has 8 heteroatoms. The van der Waals surface area contributed by atoms with E-state index in [1.165, 1.54) is 0 Å². The number of methoxy groups -OCH3 is 1. The predicted molar refractivity (Wildman–Crippen MR) is 92.0 cm³/mol. The molecule has 1 aromatic carbocycles. The fourth-order valence-corrected chi connectivity index (χ4v) is 2.99. The minimum Gasteiger partial charge on any atom is -0.497 e. The van der Waals surface area contributed by atoms with Gasteiger partial charge in [-0.15, -0.1) is 0 Å². The first-order valence-electron chi connectivity index (χ1n) is 7.66. The molecule has 2 aromatic heterocycles. The molecule has 3 aromatic rings. The van der Waals surface area contributed by atoms with Gasteiger partial charge in [-0.25, -0.2) is 9.97 Å². The third-order valence-corrected chi connectivity index (χ3v) is 4.34. The second-order valence-corrected chi connectivity index (χ2v) is 5.91. The zero-order valence-electron chi connectivity index (χ0n) is 13.1. The zero-order valence-corrected chi connectivity index (χ0v) is 13.9. The largest absolute Gasteiger partial charge is 0.497 e. The average Bonchev–Trinajstić information content (AvgIpc) is 3.05. The summed E-state index contributed by atoms with van der Waals surface area (Å²) in [6.45, 7) is 3.21. The molecule has 124 valence electrons. The topological polar surface area (TPSA) is 67.5 Å². The van der Waals surface area contributed by atoms with Crippen LogP contribution >= 0.6 is 11.6 Å². The van der Waals surface area contributed by atoms with Gasteiger partial charge in [0.2, 0.25) is 5.95 Å². The number of aromatic nitrogens is 3. The van der Waals surface area contributed by atoms with Crippen LogP contribution in [0.25, 0.3) is 11.0 Å². The maximum atomic E-state index is 5.94. The van der Waals surface area contributed by atoms with Crippen LogP contribution in [0.5, 0.6) is 5.75 Å². The van der Waals surface area contributed by atoms with Crippen LogP contribution in [0.2, 0.25) is 5.15 Å². The second-order valence-electron chi connectivity index (χ2n) is 5.52. The van der Waals surface area contributed by atoms with Crippen molar-refractivity contribution in [2.45, 2.75) is 0 Å². The minimum absolute atomic E-state index is 0.457. The minimum atomic E-state index is 0.457.